The van der Waals surface area contributed by atoms with Crippen molar-refractivity contribution in [2.75, 3.05) is 44.7 Å². The van der Waals surface area contributed by atoms with Crippen molar-refractivity contribution in [3.8, 4) is 5.75 Å². The molecule has 1 aromatic carbocycles. The van der Waals surface area contributed by atoms with Gasteiger partial charge < -0.3 is 24.2 Å². The molecule has 0 aliphatic carbocycles. The number of hydrogen-bond donors (Lipinski definition) is 1. The molecule has 8 heteroatoms. The van der Waals surface area contributed by atoms with Crippen molar-refractivity contribution >= 4 is 35.0 Å². The summed E-state index contributed by atoms with van der Waals surface area (Å²) in [7, 11) is 2.10. The van der Waals surface area contributed by atoms with Gasteiger partial charge in [0.25, 0.3) is 0 Å². The second-order valence-corrected chi connectivity index (χ2v) is 6.84. The molecule has 0 spiro atoms. The predicted octanol–water partition coefficient (Wildman–Crippen LogP) is 1.83. The molecule has 0 unspecified atom stereocenters. The first-order valence-corrected chi connectivity index (χ1v) is 8.49. The number of halogens is 1. The summed E-state index contributed by atoms with van der Waals surface area (Å²) in [6.07, 6.45) is 1.46. The topological polar surface area (TPSA) is 75.0 Å². The highest BCUT2D eigenvalue weighted by molar-refractivity contribution is 5.97. The molecule has 3 heterocycles. The number of piperazine rings is 1. The van der Waals surface area contributed by atoms with Crippen LogP contribution in [0.5, 0.6) is 5.75 Å². The fourth-order valence-electron chi connectivity index (χ4n) is 3.63. The van der Waals surface area contributed by atoms with Crippen LogP contribution in [0, 0.1) is 0 Å². The number of ether oxygens (including phenoxy) is 1. The number of hydrogen-bond acceptors (Lipinski definition) is 5. The Kier molecular flexibility index (Phi) is 4.86. The zero-order valence-electron chi connectivity index (χ0n) is 14.8. The van der Waals surface area contributed by atoms with Crippen LogP contribution in [-0.2, 0) is 0 Å². The van der Waals surface area contributed by atoms with Crippen molar-refractivity contribution in [3.63, 3.8) is 0 Å². The number of likely N-dealkylation sites (N-methyl/N-ethyl adjacent to an activating group) is 1. The molecule has 26 heavy (non-hydrogen) atoms. The monoisotopic (exact) mass is 379 g/mol. The van der Waals surface area contributed by atoms with Crippen molar-refractivity contribution in [3.05, 3.63) is 34.1 Å². The standard InChI is InChI=1S/C18H21N3O4.ClH/c1-11-10-25-17-14(20-7-5-19(2)6-8-20)4-3-12-15(17)21(11)9-13(16(12)22)18(23)24;/h3-4,9,11H,5-8,10H2,1-2H3,(H,23,24);1H/t11-;/m0./s1. The van der Waals surface area contributed by atoms with Gasteiger partial charge in [-0.15, -0.1) is 12.4 Å². The van der Waals surface area contributed by atoms with Gasteiger partial charge in [-0.2, -0.15) is 0 Å². The van der Waals surface area contributed by atoms with Crippen LogP contribution in [0.25, 0.3) is 10.9 Å². The number of carbonyl (C=O) groups is 1. The van der Waals surface area contributed by atoms with Gasteiger partial charge in [0.2, 0.25) is 5.43 Å². The molecular weight excluding hydrogens is 358 g/mol. The number of rotatable bonds is 2. The van der Waals surface area contributed by atoms with Crippen LogP contribution < -0.4 is 15.1 Å². The van der Waals surface area contributed by atoms with Gasteiger partial charge in [-0.3, -0.25) is 4.79 Å². The molecule has 2 aromatic rings. The lowest BCUT2D eigenvalue weighted by Crippen LogP contribution is -2.44. The molecule has 4 rings (SSSR count). The highest BCUT2D eigenvalue weighted by Crippen LogP contribution is 2.40. The van der Waals surface area contributed by atoms with E-state index >= 15 is 0 Å². The van der Waals surface area contributed by atoms with Gasteiger partial charge in [0, 0.05) is 32.4 Å². The summed E-state index contributed by atoms with van der Waals surface area (Å²) in [5.41, 5.74) is 1.02. The maximum atomic E-state index is 12.6. The van der Waals surface area contributed by atoms with Gasteiger partial charge in [0.1, 0.15) is 12.2 Å². The largest absolute Gasteiger partial charge is 0.487 e. The number of anilines is 1. The molecule has 1 aromatic heterocycles. The molecule has 1 atom stereocenters. The summed E-state index contributed by atoms with van der Waals surface area (Å²) < 4.78 is 7.89. The first kappa shape index (κ1) is 18.5. The van der Waals surface area contributed by atoms with E-state index in [1.165, 1.54) is 6.20 Å². The first-order valence-electron chi connectivity index (χ1n) is 8.49. The van der Waals surface area contributed by atoms with Crippen LogP contribution in [0.15, 0.2) is 23.1 Å². The Balaban J connectivity index is 0.00000196. The second-order valence-electron chi connectivity index (χ2n) is 6.84. The lowest BCUT2D eigenvalue weighted by Gasteiger charge is -2.36. The van der Waals surface area contributed by atoms with Crippen LogP contribution in [0.4, 0.5) is 5.69 Å². The molecule has 0 amide bonds. The minimum absolute atomic E-state index is 0. The van der Waals surface area contributed by atoms with E-state index in [1.807, 2.05) is 17.6 Å². The number of carboxylic acid groups (broad SMARTS) is 1. The third-order valence-electron chi connectivity index (χ3n) is 5.14. The van der Waals surface area contributed by atoms with Gasteiger partial charge in [0.15, 0.2) is 5.75 Å². The minimum atomic E-state index is -1.20. The van der Waals surface area contributed by atoms with Crippen LogP contribution in [0.1, 0.15) is 23.3 Å². The maximum absolute atomic E-state index is 12.6. The minimum Gasteiger partial charge on any atom is -0.487 e. The number of benzene rings is 1. The van der Waals surface area contributed by atoms with Crippen LogP contribution in [-0.4, -0.2) is 60.4 Å². The quantitative estimate of drug-likeness (QED) is 0.858. The number of pyridine rings is 1. The highest BCUT2D eigenvalue weighted by Gasteiger charge is 2.28. The second kappa shape index (κ2) is 6.81. The fourth-order valence-corrected chi connectivity index (χ4v) is 3.63. The Morgan fingerprint density at radius 1 is 1.23 bits per heavy atom. The number of aromatic nitrogens is 1. The summed E-state index contributed by atoms with van der Waals surface area (Å²) in [5, 5.41) is 9.75. The van der Waals surface area contributed by atoms with Crippen molar-refractivity contribution in [2.24, 2.45) is 0 Å². The average Bonchev–Trinajstić information content (AvgIpc) is 2.60. The van der Waals surface area contributed by atoms with Gasteiger partial charge >= 0.3 is 5.97 Å². The van der Waals surface area contributed by atoms with Gasteiger partial charge in [0.05, 0.1) is 22.6 Å². The van der Waals surface area contributed by atoms with Gasteiger partial charge in [-0.05, 0) is 26.1 Å². The van der Waals surface area contributed by atoms with Crippen molar-refractivity contribution in [2.45, 2.75) is 13.0 Å². The summed E-state index contributed by atoms with van der Waals surface area (Å²) in [4.78, 5) is 28.6. The molecule has 1 fully saturated rings. The lowest BCUT2D eigenvalue weighted by atomic mass is 10.1. The molecule has 140 valence electrons. The summed E-state index contributed by atoms with van der Waals surface area (Å²) >= 11 is 0. The summed E-state index contributed by atoms with van der Waals surface area (Å²) in [5.74, 6) is -0.506. The third kappa shape index (κ3) is 2.81. The average molecular weight is 380 g/mol. The Morgan fingerprint density at radius 2 is 1.92 bits per heavy atom. The van der Waals surface area contributed by atoms with E-state index in [2.05, 4.69) is 16.8 Å². The molecule has 0 radical (unpaired) electrons. The predicted molar refractivity (Wildman–Crippen MR) is 102 cm³/mol. The van der Waals surface area contributed by atoms with E-state index in [-0.39, 0.29) is 24.0 Å². The van der Waals surface area contributed by atoms with E-state index < -0.39 is 11.4 Å². The molecule has 1 N–H and O–H groups in total. The lowest BCUT2D eigenvalue weighted by molar-refractivity contribution is 0.0694. The number of nitrogens with zero attached hydrogens (tertiary/aromatic N) is 3. The smallest absolute Gasteiger partial charge is 0.341 e. The number of carboxylic acids is 1. The zero-order valence-corrected chi connectivity index (χ0v) is 15.6. The molecule has 2 aliphatic heterocycles. The van der Waals surface area contributed by atoms with Gasteiger partial charge in [-0.1, -0.05) is 0 Å². The Morgan fingerprint density at radius 3 is 2.58 bits per heavy atom. The van der Waals surface area contributed by atoms with Crippen molar-refractivity contribution in [1.29, 1.82) is 0 Å². The Labute approximate surface area is 157 Å². The van der Waals surface area contributed by atoms with E-state index in [0.717, 1.165) is 31.9 Å². The first-order chi connectivity index (χ1) is 12.0. The highest BCUT2D eigenvalue weighted by atomic mass is 35.5. The molecule has 0 bridgehead atoms. The van der Waals surface area contributed by atoms with Crippen LogP contribution >= 0.6 is 12.4 Å². The normalized spacial score (nSPS) is 19.8. The molecule has 1 saturated heterocycles. The maximum Gasteiger partial charge on any atom is 0.341 e. The Hall–Kier alpha value is -2.25. The molecular formula is C18H22ClN3O4. The summed E-state index contributed by atoms with van der Waals surface area (Å²) in [6, 6.07) is 3.59. The molecule has 2 aliphatic rings. The number of aromatic carboxylic acids is 1. The van der Waals surface area contributed by atoms with Gasteiger partial charge in [-0.25, -0.2) is 4.79 Å². The Bertz CT molecular complexity index is 919. The van der Waals surface area contributed by atoms with E-state index in [0.29, 0.717) is 23.3 Å². The van der Waals surface area contributed by atoms with E-state index in [1.54, 1.807) is 6.07 Å². The van der Waals surface area contributed by atoms with Crippen molar-refractivity contribution < 1.29 is 14.6 Å². The fraction of sp³-hybridized carbons (Fsp3) is 0.444. The van der Waals surface area contributed by atoms with Crippen molar-refractivity contribution in [1.82, 2.24) is 9.47 Å². The molecule has 7 nitrogen and oxygen atoms in total. The third-order valence-corrected chi connectivity index (χ3v) is 5.14. The van der Waals surface area contributed by atoms with Crippen LogP contribution in [0.3, 0.4) is 0 Å². The molecule has 0 saturated carbocycles. The SMILES string of the molecule is C[C@H]1COc2c(N3CCN(C)CC3)ccc3c(=O)c(C(=O)O)cn1c23.Cl. The zero-order chi connectivity index (χ0) is 17.7. The van der Waals surface area contributed by atoms with Crippen LogP contribution in [0.2, 0.25) is 0 Å². The van der Waals surface area contributed by atoms with E-state index in [4.69, 9.17) is 4.74 Å². The summed E-state index contributed by atoms with van der Waals surface area (Å²) in [6.45, 7) is 6.14. The van der Waals surface area contributed by atoms with E-state index in [9.17, 15) is 14.7 Å².